The maximum absolute atomic E-state index is 12.7. The number of hydrazone groups is 1. The number of halogens is 2. The molecule has 1 fully saturated rings. The topological polar surface area (TPSA) is 99.1 Å². The fourth-order valence-electron chi connectivity index (χ4n) is 3.24. The van der Waals surface area contributed by atoms with Crippen LogP contribution < -0.4 is 5.43 Å². The third-order valence-corrected chi connectivity index (χ3v) is 5.43. The molecular weight excluding hydrogens is 429 g/mol. The van der Waals surface area contributed by atoms with Crippen LogP contribution in [0.1, 0.15) is 39.1 Å². The molecule has 0 saturated carbocycles. The van der Waals surface area contributed by atoms with Crippen molar-refractivity contribution in [3.8, 4) is 0 Å². The van der Waals surface area contributed by atoms with Crippen molar-refractivity contribution in [2.75, 3.05) is 13.1 Å². The van der Waals surface area contributed by atoms with Crippen molar-refractivity contribution in [2.24, 2.45) is 11.0 Å². The zero-order chi connectivity index (χ0) is 21.7. The number of hydrogen-bond acceptors (Lipinski definition) is 4. The van der Waals surface area contributed by atoms with Crippen LogP contribution in [0.25, 0.3) is 0 Å². The first kappa shape index (κ1) is 21.8. The molecule has 2 amide bonds. The number of amides is 2. The Hall–Kier alpha value is -2.90. The highest BCUT2D eigenvalue weighted by Crippen LogP contribution is 2.25. The summed E-state index contributed by atoms with van der Waals surface area (Å²) in [5, 5.41) is 13.8. The van der Waals surface area contributed by atoms with Gasteiger partial charge in [0.2, 0.25) is 5.91 Å². The zero-order valence-electron chi connectivity index (χ0n) is 15.8. The number of carbonyl (C=O) groups is 3. The van der Waals surface area contributed by atoms with Crippen LogP contribution in [-0.2, 0) is 4.79 Å². The van der Waals surface area contributed by atoms with Crippen molar-refractivity contribution >= 4 is 47.2 Å². The molecule has 156 valence electrons. The van der Waals surface area contributed by atoms with Gasteiger partial charge in [-0.2, -0.15) is 5.10 Å². The molecule has 7 nitrogen and oxygen atoms in total. The molecule has 0 radical (unpaired) electrons. The molecule has 1 saturated heterocycles. The van der Waals surface area contributed by atoms with E-state index in [-0.39, 0.29) is 23.3 Å². The summed E-state index contributed by atoms with van der Waals surface area (Å²) in [4.78, 5) is 37.9. The summed E-state index contributed by atoms with van der Waals surface area (Å²) in [5.41, 5.74) is 3.33. The summed E-state index contributed by atoms with van der Waals surface area (Å²) in [6.45, 7) is 0.836. The predicted molar refractivity (Wildman–Crippen MR) is 114 cm³/mol. The van der Waals surface area contributed by atoms with Crippen LogP contribution in [0.3, 0.4) is 0 Å². The van der Waals surface area contributed by atoms with Gasteiger partial charge in [-0.3, -0.25) is 9.59 Å². The summed E-state index contributed by atoms with van der Waals surface area (Å²) in [6, 6.07) is 11.1. The number of nitrogens with zero attached hydrogens (tertiary/aromatic N) is 2. The number of benzene rings is 2. The second kappa shape index (κ2) is 9.73. The summed E-state index contributed by atoms with van der Waals surface area (Å²) >= 11 is 12.0. The van der Waals surface area contributed by atoms with Gasteiger partial charge in [-0.15, -0.1) is 0 Å². The molecular formula is C21H19Cl2N3O4. The van der Waals surface area contributed by atoms with E-state index in [0.29, 0.717) is 47.1 Å². The fourth-order valence-corrected chi connectivity index (χ4v) is 3.73. The van der Waals surface area contributed by atoms with Gasteiger partial charge >= 0.3 is 5.97 Å². The minimum absolute atomic E-state index is 0.100. The summed E-state index contributed by atoms with van der Waals surface area (Å²) in [6.07, 6.45) is 2.29. The Bertz CT molecular complexity index is 1000. The van der Waals surface area contributed by atoms with Gasteiger partial charge in [-0.25, -0.2) is 10.2 Å². The highest BCUT2D eigenvalue weighted by molar-refractivity contribution is 6.36. The monoisotopic (exact) mass is 447 g/mol. The largest absolute Gasteiger partial charge is 0.478 e. The van der Waals surface area contributed by atoms with Crippen LogP contribution in [-0.4, -0.2) is 47.1 Å². The number of nitrogens with one attached hydrogen (secondary N) is 1. The van der Waals surface area contributed by atoms with Gasteiger partial charge in [-0.05, 0) is 37.1 Å². The van der Waals surface area contributed by atoms with Crippen molar-refractivity contribution in [1.29, 1.82) is 0 Å². The lowest BCUT2D eigenvalue weighted by Crippen LogP contribution is -2.42. The third kappa shape index (κ3) is 5.17. The lowest BCUT2D eigenvalue weighted by atomic mass is 9.95. The summed E-state index contributed by atoms with van der Waals surface area (Å²) in [7, 11) is 0. The molecule has 0 aliphatic carbocycles. The average Bonchev–Trinajstić information content (AvgIpc) is 2.73. The number of carboxylic acids is 1. The van der Waals surface area contributed by atoms with Crippen LogP contribution >= 0.6 is 23.2 Å². The molecule has 2 aromatic rings. The summed E-state index contributed by atoms with van der Waals surface area (Å²) < 4.78 is 0. The van der Waals surface area contributed by atoms with Crippen molar-refractivity contribution in [2.45, 2.75) is 12.8 Å². The molecule has 2 aromatic carbocycles. The Balaban J connectivity index is 1.54. The first-order valence-corrected chi connectivity index (χ1v) is 10.0. The first-order chi connectivity index (χ1) is 14.4. The van der Waals surface area contributed by atoms with Crippen molar-refractivity contribution in [3.05, 3.63) is 69.2 Å². The molecule has 9 heteroatoms. The highest BCUT2D eigenvalue weighted by Gasteiger charge is 2.28. The molecule has 0 spiro atoms. The van der Waals surface area contributed by atoms with Crippen LogP contribution in [0.5, 0.6) is 0 Å². The number of carbonyl (C=O) groups excluding carboxylic acids is 2. The maximum Gasteiger partial charge on any atom is 0.336 e. The van der Waals surface area contributed by atoms with E-state index < -0.39 is 5.97 Å². The van der Waals surface area contributed by atoms with Crippen LogP contribution in [0.4, 0.5) is 0 Å². The molecule has 0 unspecified atom stereocenters. The standard InChI is InChI=1S/C21H19Cl2N3O4/c22-15-5-6-17(18(23)11-15)20(28)26-9-7-13(8-10-26)19(27)25-24-12-14-3-1-2-4-16(14)21(29)30/h1-6,11-13H,7-10H2,(H,25,27)(H,29,30)/b24-12-. The minimum atomic E-state index is -1.07. The Kier molecular flexibility index (Phi) is 7.07. The van der Waals surface area contributed by atoms with Crippen LogP contribution in [0.2, 0.25) is 10.0 Å². The van der Waals surface area contributed by atoms with Crippen LogP contribution in [0.15, 0.2) is 47.6 Å². The van der Waals surface area contributed by atoms with E-state index in [4.69, 9.17) is 28.3 Å². The van der Waals surface area contributed by atoms with Gasteiger partial charge in [0.1, 0.15) is 0 Å². The van der Waals surface area contributed by atoms with Crippen LogP contribution in [0, 0.1) is 5.92 Å². The van der Waals surface area contributed by atoms with Crippen molar-refractivity contribution in [3.63, 3.8) is 0 Å². The lowest BCUT2D eigenvalue weighted by molar-refractivity contribution is -0.126. The zero-order valence-corrected chi connectivity index (χ0v) is 17.4. The number of piperidine rings is 1. The molecule has 1 aliphatic heterocycles. The molecule has 1 heterocycles. The quantitative estimate of drug-likeness (QED) is 0.538. The molecule has 0 bridgehead atoms. The Labute approximate surface area is 183 Å². The smallest absolute Gasteiger partial charge is 0.336 e. The first-order valence-electron chi connectivity index (χ1n) is 9.26. The second-order valence-corrected chi connectivity index (χ2v) is 7.66. The minimum Gasteiger partial charge on any atom is -0.478 e. The molecule has 1 aliphatic rings. The van der Waals surface area contributed by atoms with Crippen molar-refractivity contribution < 1.29 is 19.5 Å². The van der Waals surface area contributed by atoms with E-state index in [1.165, 1.54) is 18.3 Å². The Morgan fingerprint density at radius 1 is 1.07 bits per heavy atom. The van der Waals surface area contributed by atoms with Gasteiger partial charge in [0.15, 0.2) is 0 Å². The van der Waals surface area contributed by atoms with Crippen molar-refractivity contribution in [1.82, 2.24) is 10.3 Å². The predicted octanol–water partition coefficient (Wildman–Crippen LogP) is 3.69. The van der Waals surface area contributed by atoms with Gasteiger partial charge in [-0.1, -0.05) is 41.4 Å². The number of likely N-dealkylation sites (tertiary alicyclic amines) is 1. The lowest BCUT2D eigenvalue weighted by Gasteiger charge is -2.31. The number of hydrogen-bond donors (Lipinski definition) is 2. The van der Waals surface area contributed by atoms with Gasteiger partial charge < -0.3 is 10.0 Å². The average molecular weight is 448 g/mol. The SMILES string of the molecule is O=C(O)c1ccccc1/C=N\NC(=O)C1CCN(C(=O)c2ccc(Cl)cc2Cl)CC1. The Morgan fingerprint density at radius 3 is 2.43 bits per heavy atom. The summed E-state index contributed by atoms with van der Waals surface area (Å²) in [5.74, 6) is -1.82. The highest BCUT2D eigenvalue weighted by atomic mass is 35.5. The number of carboxylic acid groups (broad SMARTS) is 1. The second-order valence-electron chi connectivity index (χ2n) is 6.82. The molecule has 30 heavy (non-hydrogen) atoms. The van der Waals surface area contributed by atoms with Gasteiger partial charge in [0.05, 0.1) is 22.4 Å². The van der Waals surface area contributed by atoms with E-state index >= 15 is 0 Å². The molecule has 0 aromatic heterocycles. The van der Waals surface area contributed by atoms with E-state index in [0.717, 1.165) is 0 Å². The van der Waals surface area contributed by atoms with E-state index in [9.17, 15) is 14.4 Å². The van der Waals surface area contributed by atoms with E-state index in [1.54, 1.807) is 35.2 Å². The molecule has 3 rings (SSSR count). The normalized spacial score (nSPS) is 14.7. The van der Waals surface area contributed by atoms with Gasteiger partial charge in [0.25, 0.3) is 5.91 Å². The third-order valence-electron chi connectivity index (χ3n) is 4.88. The van der Waals surface area contributed by atoms with E-state index in [2.05, 4.69) is 10.5 Å². The molecule has 0 atom stereocenters. The number of aromatic carboxylic acids is 1. The van der Waals surface area contributed by atoms with E-state index in [1.807, 2.05) is 0 Å². The maximum atomic E-state index is 12.7. The molecule has 2 N–H and O–H groups in total. The Morgan fingerprint density at radius 2 is 1.77 bits per heavy atom. The fraction of sp³-hybridized carbons (Fsp3) is 0.238. The van der Waals surface area contributed by atoms with Gasteiger partial charge in [0, 0.05) is 29.6 Å². The number of rotatable bonds is 5.